The lowest BCUT2D eigenvalue weighted by Gasteiger charge is -2.20. The molecular formula is C15H15Cl3N2O. The number of ether oxygens (including phenoxy) is 1. The minimum Gasteiger partial charge on any atom is -0.496 e. The van der Waals surface area contributed by atoms with Gasteiger partial charge in [0, 0.05) is 20.6 Å². The first kappa shape index (κ1) is 16.4. The van der Waals surface area contributed by atoms with Gasteiger partial charge < -0.3 is 4.74 Å². The number of nitrogens with one attached hydrogen (secondary N) is 1. The molecule has 0 saturated carbocycles. The summed E-state index contributed by atoms with van der Waals surface area (Å²) in [6.07, 6.45) is 0.602. The topological polar surface area (TPSA) is 47.3 Å². The van der Waals surface area contributed by atoms with Crippen molar-refractivity contribution < 1.29 is 4.74 Å². The molecule has 0 spiro atoms. The SMILES string of the molecule is COc1cc(Cl)ccc1C(Cc1ccc(Cl)cc1Cl)NN. The lowest BCUT2D eigenvalue weighted by molar-refractivity contribution is 0.399. The van der Waals surface area contributed by atoms with E-state index in [9.17, 15) is 0 Å². The van der Waals surface area contributed by atoms with Crippen LogP contribution in [0.2, 0.25) is 15.1 Å². The summed E-state index contributed by atoms with van der Waals surface area (Å²) >= 11 is 18.1. The van der Waals surface area contributed by atoms with E-state index < -0.39 is 0 Å². The van der Waals surface area contributed by atoms with E-state index in [0.717, 1.165) is 11.1 Å². The van der Waals surface area contributed by atoms with E-state index in [-0.39, 0.29) is 6.04 Å². The van der Waals surface area contributed by atoms with Crippen molar-refractivity contribution in [3.8, 4) is 5.75 Å². The average Bonchev–Trinajstić information content (AvgIpc) is 2.47. The maximum absolute atomic E-state index is 6.21. The molecule has 112 valence electrons. The van der Waals surface area contributed by atoms with E-state index in [2.05, 4.69) is 5.43 Å². The van der Waals surface area contributed by atoms with Gasteiger partial charge in [0.2, 0.25) is 0 Å². The monoisotopic (exact) mass is 344 g/mol. The standard InChI is InChI=1S/C15H15Cl3N2O/c1-21-15-8-11(17)4-5-12(15)14(20-19)6-9-2-3-10(16)7-13(9)18/h2-5,7-8,14,20H,6,19H2,1H3. The molecule has 0 amide bonds. The second kappa shape index (κ2) is 7.34. The number of hydrazine groups is 1. The molecule has 1 unspecified atom stereocenters. The lowest BCUT2D eigenvalue weighted by Crippen LogP contribution is -2.30. The average molecular weight is 346 g/mol. The van der Waals surface area contributed by atoms with Gasteiger partial charge in [-0.25, -0.2) is 0 Å². The molecule has 2 rings (SSSR count). The van der Waals surface area contributed by atoms with Crippen molar-refractivity contribution >= 4 is 34.8 Å². The third-order valence-electron chi connectivity index (χ3n) is 3.21. The van der Waals surface area contributed by atoms with Crippen LogP contribution in [0.4, 0.5) is 0 Å². The van der Waals surface area contributed by atoms with Crippen LogP contribution in [-0.4, -0.2) is 7.11 Å². The van der Waals surface area contributed by atoms with Gasteiger partial charge in [0.15, 0.2) is 0 Å². The van der Waals surface area contributed by atoms with Gasteiger partial charge in [-0.05, 0) is 36.2 Å². The van der Waals surface area contributed by atoms with Crippen LogP contribution in [0.1, 0.15) is 17.2 Å². The van der Waals surface area contributed by atoms with Gasteiger partial charge in [-0.15, -0.1) is 0 Å². The Labute approximate surface area is 138 Å². The number of halogens is 3. The highest BCUT2D eigenvalue weighted by atomic mass is 35.5. The summed E-state index contributed by atoms with van der Waals surface area (Å²) in [7, 11) is 1.60. The zero-order valence-corrected chi connectivity index (χ0v) is 13.6. The second-order valence-electron chi connectivity index (χ2n) is 4.55. The van der Waals surface area contributed by atoms with Crippen molar-refractivity contribution in [3.05, 3.63) is 62.6 Å². The quantitative estimate of drug-likeness (QED) is 0.623. The highest BCUT2D eigenvalue weighted by Gasteiger charge is 2.17. The maximum atomic E-state index is 6.21. The molecule has 0 aliphatic rings. The summed E-state index contributed by atoms with van der Waals surface area (Å²) in [5, 5.41) is 1.82. The van der Waals surface area contributed by atoms with E-state index in [4.69, 9.17) is 45.4 Å². The molecule has 0 fully saturated rings. The molecule has 0 aliphatic heterocycles. The second-order valence-corrected chi connectivity index (χ2v) is 5.83. The molecule has 6 heteroatoms. The highest BCUT2D eigenvalue weighted by Crippen LogP contribution is 2.32. The van der Waals surface area contributed by atoms with Gasteiger partial charge in [-0.3, -0.25) is 11.3 Å². The number of benzene rings is 2. The fourth-order valence-electron chi connectivity index (χ4n) is 2.14. The first-order valence-corrected chi connectivity index (χ1v) is 7.42. The van der Waals surface area contributed by atoms with Crippen LogP contribution < -0.4 is 16.0 Å². The Bertz CT molecular complexity index is 634. The van der Waals surface area contributed by atoms with E-state index >= 15 is 0 Å². The van der Waals surface area contributed by atoms with Gasteiger partial charge >= 0.3 is 0 Å². The molecule has 0 aliphatic carbocycles. The van der Waals surface area contributed by atoms with Crippen LogP contribution >= 0.6 is 34.8 Å². The van der Waals surface area contributed by atoms with Gasteiger partial charge in [-0.1, -0.05) is 46.9 Å². The Morgan fingerprint density at radius 2 is 1.76 bits per heavy atom. The number of methoxy groups -OCH3 is 1. The van der Waals surface area contributed by atoms with Crippen molar-refractivity contribution in [1.29, 1.82) is 0 Å². The Morgan fingerprint density at radius 3 is 2.38 bits per heavy atom. The van der Waals surface area contributed by atoms with Crippen LogP contribution in [0, 0.1) is 0 Å². The van der Waals surface area contributed by atoms with E-state index in [1.54, 1.807) is 31.4 Å². The van der Waals surface area contributed by atoms with Crippen molar-refractivity contribution in [2.45, 2.75) is 12.5 Å². The molecular weight excluding hydrogens is 331 g/mol. The lowest BCUT2D eigenvalue weighted by atomic mass is 9.98. The first-order valence-electron chi connectivity index (χ1n) is 6.28. The number of hydrogen-bond acceptors (Lipinski definition) is 3. The zero-order chi connectivity index (χ0) is 15.4. The Balaban J connectivity index is 2.32. The Morgan fingerprint density at radius 1 is 1.10 bits per heavy atom. The predicted octanol–water partition coefficient (Wildman–Crippen LogP) is 4.40. The van der Waals surface area contributed by atoms with Crippen LogP contribution in [0.25, 0.3) is 0 Å². The summed E-state index contributed by atoms with van der Waals surface area (Å²) < 4.78 is 5.36. The van der Waals surface area contributed by atoms with Gasteiger partial charge in [0.05, 0.1) is 13.2 Å². The molecule has 0 heterocycles. The fraction of sp³-hybridized carbons (Fsp3) is 0.200. The summed E-state index contributed by atoms with van der Waals surface area (Å²) in [5.41, 5.74) is 4.65. The zero-order valence-electron chi connectivity index (χ0n) is 11.4. The molecule has 3 N–H and O–H groups in total. The predicted molar refractivity (Wildman–Crippen MR) is 88.2 cm³/mol. The largest absolute Gasteiger partial charge is 0.496 e. The summed E-state index contributed by atoms with van der Waals surface area (Å²) in [4.78, 5) is 0. The smallest absolute Gasteiger partial charge is 0.125 e. The fourth-order valence-corrected chi connectivity index (χ4v) is 2.79. The number of nitrogens with two attached hydrogens (primary N) is 1. The summed E-state index contributed by atoms with van der Waals surface area (Å²) in [6.45, 7) is 0. The Kier molecular flexibility index (Phi) is 5.73. The van der Waals surface area contributed by atoms with Crippen LogP contribution in [0.5, 0.6) is 5.75 Å². The molecule has 3 nitrogen and oxygen atoms in total. The van der Waals surface area contributed by atoms with E-state index in [0.29, 0.717) is 27.2 Å². The molecule has 1 atom stereocenters. The summed E-state index contributed by atoms with van der Waals surface area (Å²) in [5.74, 6) is 6.36. The minimum absolute atomic E-state index is 0.157. The third-order valence-corrected chi connectivity index (χ3v) is 4.03. The molecule has 2 aromatic carbocycles. The molecule has 2 aromatic rings. The first-order chi connectivity index (χ1) is 10.0. The van der Waals surface area contributed by atoms with E-state index in [1.165, 1.54) is 0 Å². The van der Waals surface area contributed by atoms with Crippen molar-refractivity contribution in [2.75, 3.05) is 7.11 Å². The molecule has 0 saturated heterocycles. The molecule has 21 heavy (non-hydrogen) atoms. The van der Waals surface area contributed by atoms with Crippen LogP contribution in [0.3, 0.4) is 0 Å². The Hall–Kier alpha value is -0.970. The van der Waals surface area contributed by atoms with Gasteiger partial charge in [0.1, 0.15) is 5.75 Å². The number of hydrogen-bond donors (Lipinski definition) is 2. The summed E-state index contributed by atoms with van der Waals surface area (Å²) in [6, 6.07) is 10.7. The third kappa shape index (κ3) is 4.02. The molecule has 0 radical (unpaired) electrons. The van der Waals surface area contributed by atoms with Crippen molar-refractivity contribution in [1.82, 2.24) is 5.43 Å². The molecule has 0 aromatic heterocycles. The highest BCUT2D eigenvalue weighted by molar-refractivity contribution is 6.35. The van der Waals surface area contributed by atoms with Crippen molar-refractivity contribution in [2.24, 2.45) is 5.84 Å². The van der Waals surface area contributed by atoms with Crippen LogP contribution in [-0.2, 0) is 6.42 Å². The molecule has 0 bridgehead atoms. The van der Waals surface area contributed by atoms with Gasteiger partial charge in [-0.2, -0.15) is 0 Å². The van der Waals surface area contributed by atoms with Crippen molar-refractivity contribution in [3.63, 3.8) is 0 Å². The maximum Gasteiger partial charge on any atom is 0.125 e. The normalized spacial score (nSPS) is 12.2. The van der Waals surface area contributed by atoms with Gasteiger partial charge in [0.25, 0.3) is 0 Å². The van der Waals surface area contributed by atoms with Crippen LogP contribution in [0.15, 0.2) is 36.4 Å². The minimum atomic E-state index is -0.157. The number of rotatable bonds is 5. The van der Waals surface area contributed by atoms with E-state index in [1.807, 2.05) is 12.1 Å².